The van der Waals surface area contributed by atoms with Crippen molar-refractivity contribution < 1.29 is 9.47 Å². The molecule has 1 saturated heterocycles. The van der Waals surface area contributed by atoms with Crippen LogP contribution in [0.3, 0.4) is 0 Å². The molecular weight excluding hydrogens is 514 g/mol. The molecule has 0 N–H and O–H groups in total. The molecule has 0 bridgehead atoms. The van der Waals surface area contributed by atoms with Gasteiger partial charge in [0.2, 0.25) is 0 Å². The quantitative estimate of drug-likeness (QED) is 0.0575. The van der Waals surface area contributed by atoms with E-state index in [-0.39, 0.29) is 0 Å². The Bertz CT molecular complexity index is 539. The molecule has 1 fully saturated rings. The molecule has 42 heavy (non-hydrogen) atoms. The second-order valence-corrected chi connectivity index (χ2v) is 13.4. The van der Waals surface area contributed by atoms with Crippen molar-refractivity contribution in [2.24, 2.45) is 11.8 Å². The molecule has 0 amide bonds. The molecule has 248 valence electrons. The van der Waals surface area contributed by atoms with Gasteiger partial charge in [-0.15, -0.1) is 0 Å². The van der Waals surface area contributed by atoms with Gasteiger partial charge in [-0.05, 0) is 71.3 Å². The van der Waals surface area contributed by atoms with Crippen LogP contribution in [0.25, 0.3) is 0 Å². The summed E-state index contributed by atoms with van der Waals surface area (Å²) in [4.78, 5) is 2.46. The number of unbranched alkanes of at least 4 members (excludes halogenated alkanes) is 20. The topological polar surface area (TPSA) is 21.7 Å². The third-order valence-corrected chi connectivity index (χ3v) is 9.02. The van der Waals surface area contributed by atoms with Crippen LogP contribution in [0.1, 0.15) is 168 Å². The van der Waals surface area contributed by atoms with E-state index < -0.39 is 0 Å². The molecule has 0 saturated carbocycles. The molecule has 0 spiro atoms. The van der Waals surface area contributed by atoms with Gasteiger partial charge >= 0.3 is 0 Å². The van der Waals surface area contributed by atoms with E-state index in [0.717, 1.165) is 39.5 Å². The number of nitrogens with zero attached hydrogens (tertiary/aromatic N) is 1. The van der Waals surface area contributed by atoms with E-state index in [0.29, 0.717) is 11.8 Å². The lowest BCUT2D eigenvalue weighted by Crippen LogP contribution is -2.23. The molecule has 3 nitrogen and oxygen atoms in total. The fraction of sp³-hybridized carbons (Fsp3) is 0.897. The van der Waals surface area contributed by atoms with Gasteiger partial charge in [0.05, 0.1) is 13.2 Å². The second kappa shape index (κ2) is 31.8. The van der Waals surface area contributed by atoms with E-state index in [1.807, 2.05) is 0 Å². The van der Waals surface area contributed by atoms with Crippen molar-refractivity contribution in [1.29, 1.82) is 0 Å². The Kier molecular flexibility index (Phi) is 29.8. The molecule has 2 atom stereocenters. The van der Waals surface area contributed by atoms with Crippen LogP contribution in [0.15, 0.2) is 24.3 Å². The lowest BCUT2D eigenvalue weighted by molar-refractivity contribution is 0.0482. The number of ether oxygens (including phenoxy) is 2. The number of hydrogen-bond donors (Lipinski definition) is 0. The highest BCUT2D eigenvalue weighted by atomic mass is 16.5. The molecular formula is C39H75NO2. The maximum Gasteiger partial charge on any atom is 0.0510 e. The third kappa shape index (κ3) is 25.8. The average molecular weight is 590 g/mol. The smallest absolute Gasteiger partial charge is 0.0510 e. The van der Waals surface area contributed by atoms with E-state index in [9.17, 15) is 0 Å². The first-order valence-electron chi connectivity index (χ1n) is 18.9. The van der Waals surface area contributed by atoms with Crippen molar-refractivity contribution in [1.82, 2.24) is 4.90 Å². The Labute approximate surface area is 264 Å². The van der Waals surface area contributed by atoms with E-state index in [2.05, 4.69) is 50.1 Å². The fourth-order valence-corrected chi connectivity index (χ4v) is 6.22. The molecule has 0 aromatic heterocycles. The van der Waals surface area contributed by atoms with Gasteiger partial charge in [0.15, 0.2) is 0 Å². The minimum atomic E-state index is 0.639. The monoisotopic (exact) mass is 590 g/mol. The van der Waals surface area contributed by atoms with Crippen LogP contribution in [-0.4, -0.2) is 51.5 Å². The minimum Gasteiger partial charge on any atom is -0.381 e. The molecule has 0 aromatic carbocycles. The number of allylic oxidation sites excluding steroid dienone is 4. The van der Waals surface area contributed by atoms with Gasteiger partial charge in [0, 0.05) is 38.1 Å². The largest absolute Gasteiger partial charge is 0.381 e. The zero-order chi connectivity index (χ0) is 30.2. The maximum absolute atomic E-state index is 6.14. The Morgan fingerprint density at radius 2 is 0.762 bits per heavy atom. The van der Waals surface area contributed by atoms with Crippen molar-refractivity contribution in [3.8, 4) is 0 Å². The molecule has 1 rings (SSSR count). The van der Waals surface area contributed by atoms with Gasteiger partial charge < -0.3 is 14.4 Å². The van der Waals surface area contributed by atoms with E-state index in [4.69, 9.17) is 9.47 Å². The van der Waals surface area contributed by atoms with Crippen LogP contribution >= 0.6 is 0 Å². The number of rotatable bonds is 32. The molecule has 0 radical (unpaired) electrons. The minimum absolute atomic E-state index is 0.639. The highest BCUT2D eigenvalue weighted by Gasteiger charge is 2.30. The second-order valence-electron chi connectivity index (χ2n) is 13.4. The first-order valence-corrected chi connectivity index (χ1v) is 18.9. The zero-order valence-electron chi connectivity index (χ0n) is 28.9. The predicted octanol–water partition coefficient (Wildman–Crippen LogP) is 11.7. The van der Waals surface area contributed by atoms with Crippen LogP contribution in [0, 0.1) is 11.8 Å². The van der Waals surface area contributed by atoms with Crippen molar-refractivity contribution in [2.75, 3.05) is 46.6 Å². The summed E-state index contributed by atoms with van der Waals surface area (Å²) < 4.78 is 12.3. The summed E-state index contributed by atoms with van der Waals surface area (Å²) in [5, 5.41) is 0. The molecule has 0 aromatic rings. The number of hydrogen-bond acceptors (Lipinski definition) is 3. The fourth-order valence-electron chi connectivity index (χ4n) is 6.22. The lowest BCUT2D eigenvalue weighted by atomic mass is 9.98. The Morgan fingerprint density at radius 3 is 1.12 bits per heavy atom. The summed E-state index contributed by atoms with van der Waals surface area (Å²) in [5.41, 5.74) is 0. The van der Waals surface area contributed by atoms with Gasteiger partial charge in [-0.3, -0.25) is 0 Å². The predicted molar refractivity (Wildman–Crippen MR) is 187 cm³/mol. The van der Waals surface area contributed by atoms with E-state index >= 15 is 0 Å². The van der Waals surface area contributed by atoms with Crippen molar-refractivity contribution in [3.63, 3.8) is 0 Å². The summed E-state index contributed by atoms with van der Waals surface area (Å²) in [6.07, 6.45) is 41.8. The van der Waals surface area contributed by atoms with Crippen LogP contribution in [-0.2, 0) is 9.47 Å². The van der Waals surface area contributed by atoms with Gasteiger partial charge in [-0.1, -0.05) is 128 Å². The summed E-state index contributed by atoms with van der Waals surface area (Å²) in [7, 11) is 2.25. The van der Waals surface area contributed by atoms with Crippen LogP contribution in [0.4, 0.5) is 0 Å². The third-order valence-electron chi connectivity index (χ3n) is 9.02. The first-order chi connectivity index (χ1) is 20.8. The highest BCUT2D eigenvalue weighted by Crippen LogP contribution is 2.23. The normalized spacial score (nSPS) is 17.9. The molecule has 3 heteroatoms. The maximum atomic E-state index is 6.14. The highest BCUT2D eigenvalue weighted by molar-refractivity contribution is 4.83. The van der Waals surface area contributed by atoms with Gasteiger partial charge in [0.1, 0.15) is 0 Å². The Balaban J connectivity index is 1.88. The van der Waals surface area contributed by atoms with Crippen molar-refractivity contribution in [2.45, 2.75) is 168 Å². The molecule has 1 heterocycles. The van der Waals surface area contributed by atoms with E-state index in [1.165, 1.54) is 154 Å². The lowest BCUT2D eigenvalue weighted by Gasteiger charge is -2.18. The summed E-state index contributed by atoms with van der Waals surface area (Å²) >= 11 is 0. The molecule has 0 aliphatic carbocycles. The van der Waals surface area contributed by atoms with Crippen LogP contribution < -0.4 is 0 Å². The van der Waals surface area contributed by atoms with Crippen molar-refractivity contribution >= 4 is 0 Å². The Hall–Kier alpha value is -0.640. The molecule has 2 unspecified atom stereocenters. The summed E-state index contributed by atoms with van der Waals surface area (Å²) in [6, 6.07) is 0. The molecule has 1 aliphatic rings. The Morgan fingerprint density at radius 1 is 0.452 bits per heavy atom. The van der Waals surface area contributed by atoms with Crippen molar-refractivity contribution in [3.05, 3.63) is 24.3 Å². The average Bonchev–Trinajstić information content (AvgIpc) is 3.35. The van der Waals surface area contributed by atoms with Crippen LogP contribution in [0.2, 0.25) is 0 Å². The number of likely N-dealkylation sites (tertiary alicyclic amines) is 1. The van der Waals surface area contributed by atoms with Gasteiger partial charge in [-0.25, -0.2) is 0 Å². The van der Waals surface area contributed by atoms with Gasteiger partial charge in [-0.2, -0.15) is 0 Å². The SMILES string of the molecule is CCCCCCC=CCCCCCCCCOCC1CN(C)CC1COCCCCCCCCC=CCCCCCC. The summed E-state index contributed by atoms with van der Waals surface area (Å²) in [6.45, 7) is 10.6. The molecule has 1 aliphatic heterocycles. The standard InChI is InChI=1S/C39H75NO2/c1-4-6-8-10-12-14-16-18-20-22-24-26-28-30-32-41-36-38-34-40(3)35-39(38)37-42-33-31-29-27-25-23-21-19-17-15-13-11-9-7-5-2/h14-17,38-39H,4-13,18-37H2,1-3H3. The zero-order valence-corrected chi connectivity index (χ0v) is 28.9. The summed E-state index contributed by atoms with van der Waals surface area (Å²) in [5.74, 6) is 1.28. The van der Waals surface area contributed by atoms with E-state index in [1.54, 1.807) is 0 Å². The van der Waals surface area contributed by atoms with Crippen LogP contribution in [0.5, 0.6) is 0 Å². The first kappa shape index (κ1) is 39.4. The van der Waals surface area contributed by atoms with Gasteiger partial charge in [0.25, 0.3) is 0 Å².